The van der Waals surface area contributed by atoms with Crippen molar-refractivity contribution in [2.24, 2.45) is 17.8 Å². The Morgan fingerprint density at radius 3 is 2.21 bits per heavy atom. The molecule has 2 saturated carbocycles. The Morgan fingerprint density at radius 2 is 1.56 bits per heavy atom. The standard InChI is InChI=1S/C32H46FN/c1-2-3-4-5-7-10-26-13-17-28(18-14-26)30-21-23-31(24-22-30)29-19-15-27(16-20-29)11-8-6-9-12-32(33)25-34/h6,9,12-14,17-18,27,29-31H,2-5,7-8,10-11,15-16,19-24H2,1H3/b9-6+,32-12-. The third-order valence-corrected chi connectivity index (χ3v) is 8.58. The molecule has 2 aliphatic carbocycles. The van der Waals surface area contributed by atoms with Gasteiger partial charge in [0.1, 0.15) is 6.07 Å². The maximum Gasteiger partial charge on any atom is 0.199 e. The van der Waals surface area contributed by atoms with Gasteiger partial charge in [0.25, 0.3) is 0 Å². The fourth-order valence-corrected chi connectivity index (χ4v) is 6.38. The minimum Gasteiger partial charge on any atom is -0.195 e. The Bertz CT molecular complexity index is 783. The molecule has 2 aliphatic rings. The second kappa shape index (κ2) is 15.2. The number of nitrogens with zero attached hydrogens (tertiary/aromatic N) is 1. The molecule has 1 nitrogen and oxygen atoms in total. The third kappa shape index (κ3) is 9.05. The fraction of sp³-hybridized carbons (Fsp3) is 0.656. The van der Waals surface area contributed by atoms with E-state index in [0.717, 1.165) is 30.1 Å². The Hall–Kier alpha value is -1.88. The number of hydrogen-bond donors (Lipinski definition) is 0. The van der Waals surface area contributed by atoms with Gasteiger partial charge in [0.05, 0.1) is 0 Å². The van der Waals surface area contributed by atoms with Crippen molar-refractivity contribution >= 4 is 0 Å². The van der Waals surface area contributed by atoms with Crippen LogP contribution in [0.3, 0.4) is 0 Å². The quantitative estimate of drug-likeness (QED) is 0.172. The molecule has 0 saturated heterocycles. The van der Waals surface area contributed by atoms with Gasteiger partial charge in [0, 0.05) is 0 Å². The van der Waals surface area contributed by atoms with Crippen LogP contribution in [-0.4, -0.2) is 0 Å². The van der Waals surface area contributed by atoms with E-state index in [1.807, 2.05) is 6.08 Å². The molecule has 0 N–H and O–H groups in total. The van der Waals surface area contributed by atoms with Crippen LogP contribution in [0, 0.1) is 29.1 Å². The van der Waals surface area contributed by atoms with Crippen molar-refractivity contribution in [3.63, 3.8) is 0 Å². The van der Waals surface area contributed by atoms with Crippen molar-refractivity contribution in [2.45, 2.75) is 116 Å². The highest BCUT2D eigenvalue weighted by Crippen LogP contribution is 2.44. The predicted molar refractivity (Wildman–Crippen MR) is 142 cm³/mol. The molecule has 0 bridgehead atoms. The number of allylic oxidation sites excluding steroid dienone is 4. The van der Waals surface area contributed by atoms with Crippen molar-refractivity contribution in [3.8, 4) is 6.07 Å². The zero-order valence-electron chi connectivity index (χ0n) is 21.5. The topological polar surface area (TPSA) is 23.8 Å². The number of hydrogen-bond acceptors (Lipinski definition) is 1. The zero-order valence-corrected chi connectivity index (χ0v) is 21.5. The van der Waals surface area contributed by atoms with E-state index in [0.29, 0.717) is 0 Å². The van der Waals surface area contributed by atoms with E-state index < -0.39 is 5.83 Å². The van der Waals surface area contributed by atoms with Crippen molar-refractivity contribution in [2.75, 3.05) is 0 Å². The lowest BCUT2D eigenvalue weighted by Crippen LogP contribution is -2.25. The van der Waals surface area contributed by atoms with Crippen molar-refractivity contribution in [1.29, 1.82) is 5.26 Å². The van der Waals surface area contributed by atoms with E-state index in [-0.39, 0.29) is 0 Å². The van der Waals surface area contributed by atoms with Gasteiger partial charge in [-0.1, -0.05) is 81.9 Å². The highest BCUT2D eigenvalue weighted by Gasteiger charge is 2.31. The summed E-state index contributed by atoms with van der Waals surface area (Å²) in [6.45, 7) is 2.28. The van der Waals surface area contributed by atoms with Gasteiger partial charge in [-0.15, -0.1) is 0 Å². The van der Waals surface area contributed by atoms with Gasteiger partial charge in [0.15, 0.2) is 5.83 Å². The first-order valence-electron chi connectivity index (χ1n) is 14.2. The molecular weight excluding hydrogens is 417 g/mol. The summed E-state index contributed by atoms with van der Waals surface area (Å²) in [6.07, 6.45) is 26.3. The molecule has 3 rings (SSSR count). The highest BCUT2D eigenvalue weighted by molar-refractivity contribution is 5.26. The van der Waals surface area contributed by atoms with Crippen molar-refractivity contribution in [3.05, 3.63) is 59.4 Å². The number of nitriles is 1. The van der Waals surface area contributed by atoms with Gasteiger partial charge in [-0.2, -0.15) is 9.65 Å². The van der Waals surface area contributed by atoms with E-state index in [2.05, 4.69) is 31.2 Å². The van der Waals surface area contributed by atoms with Gasteiger partial charge in [0.2, 0.25) is 0 Å². The summed E-state index contributed by atoms with van der Waals surface area (Å²) >= 11 is 0. The van der Waals surface area contributed by atoms with Crippen LogP contribution in [0.2, 0.25) is 0 Å². The molecule has 2 fully saturated rings. The fourth-order valence-electron chi connectivity index (χ4n) is 6.38. The number of rotatable bonds is 12. The van der Waals surface area contributed by atoms with Gasteiger partial charge < -0.3 is 0 Å². The Labute approximate surface area is 208 Å². The smallest absolute Gasteiger partial charge is 0.195 e. The molecule has 0 heterocycles. The van der Waals surface area contributed by atoms with Crippen molar-refractivity contribution in [1.82, 2.24) is 0 Å². The lowest BCUT2D eigenvalue weighted by molar-refractivity contribution is 0.157. The molecule has 186 valence electrons. The van der Waals surface area contributed by atoms with E-state index >= 15 is 0 Å². The molecule has 1 aromatic rings. The summed E-state index contributed by atoms with van der Waals surface area (Å²) in [5, 5.41) is 8.43. The normalized spacial score (nSPS) is 26.0. The van der Waals surface area contributed by atoms with Crippen LogP contribution in [0.25, 0.3) is 0 Å². The molecule has 1 aromatic carbocycles. The van der Waals surface area contributed by atoms with Crippen LogP contribution >= 0.6 is 0 Å². The second-order valence-electron chi connectivity index (χ2n) is 10.9. The molecule has 0 aliphatic heterocycles. The summed E-state index contributed by atoms with van der Waals surface area (Å²) in [6, 6.07) is 11.2. The van der Waals surface area contributed by atoms with Crippen LogP contribution in [0.4, 0.5) is 4.39 Å². The van der Waals surface area contributed by atoms with Gasteiger partial charge in [-0.3, -0.25) is 0 Å². The first-order chi connectivity index (χ1) is 16.7. The number of benzene rings is 1. The van der Waals surface area contributed by atoms with E-state index in [1.165, 1.54) is 114 Å². The maximum absolute atomic E-state index is 12.8. The maximum atomic E-state index is 12.8. The minimum atomic E-state index is -0.711. The molecular formula is C32H46FN. The average Bonchev–Trinajstić information content (AvgIpc) is 2.89. The van der Waals surface area contributed by atoms with Gasteiger partial charge in [-0.05, 0) is 105 Å². The minimum absolute atomic E-state index is 0.711. The van der Waals surface area contributed by atoms with Crippen LogP contribution in [0.1, 0.15) is 120 Å². The van der Waals surface area contributed by atoms with E-state index in [4.69, 9.17) is 5.26 Å². The summed E-state index contributed by atoms with van der Waals surface area (Å²) < 4.78 is 12.8. The molecule has 0 aromatic heterocycles. The monoisotopic (exact) mass is 463 g/mol. The third-order valence-electron chi connectivity index (χ3n) is 8.58. The zero-order chi connectivity index (χ0) is 24.0. The Morgan fingerprint density at radius 1 is 0.912 bits per heavy atom. The first kappa shape index (κ1) is 26.7. The summed E-state index contributed by atoms with van der Waals surface area (Å²) in [5.74, 6) is 2.77. The van der Waals surface area contributed by atoms with Crippen LogP contribution in [-0.2, 0) is 6.42 Å². The molecule has 34 heavy (non-hydrogen) atoms. The average molecular weight is 464 g/mol. The Kier molecular flexibility index (Phi) is 11.9. The van der Waals surface area contributed by atoms with Crippen LogP contribution < -0.4 is 0 Å². The summed E-state index contributed by atoms with van der Waals surface area (Å²) in [7, 11) is 0. The molecule has 0 radical (unpaired) electrons. The Balaban J connectivity index is 1.32. The summed E-state index contributed by atoms with van der Waals surface area (Å²) in [4.78, 5) is 0. The molecule has 0 atom stereocenters. The number of halogens is 1. The molecule has 0 unspecified atom stereocenters. The highest BCUT2D eigenvalue weighted by atomic mass is 19.1. The van der Waals surface area contributed by atoms with Crippen LogP contribution in [0.15, 0.2) is 48.3 Å². The predicted octanol–water partition coefficient (Wildman–Crippen LogP) is 9.99. The number of unbranched alkanes of at least 4 members (excludes halogenated alkanes) is 4. The summed E-state index contributed by atoms with van der Waals surface area (Å²) in [5.41, 5.74) is 3.10. The molecule has 2 heteroatoms. The van der Waals surface area contributed by atoms with E-state index in [9.17, 15) is 4.39 Å². The van der Waals surface area contributed by atoms with Crippen molar-refractivity contribution < 1.29 is 4.39 Å². The lowest BCUT2D eigenvalue weighted by atomic mass is 9.68. The largest absolute Gasteiger partial charge is 0.199 e. The van der Waals surface area contributed by atoms with Crippen LogP contribution in [0.5, 0.6) is 0 Å². The van der Waals surface area contributed by atoms with E-state index in [1.54, 1.807) is 11.6 Å². The lowest BCUT2D eigenvalue weighted by Gasteiger charge is -2.38. The number of aryl methyl sites for hydroxylation is 1. The first-order valence-corrected chi connectivity index (χ1v) is 14.2. The molecule has 0 spiro atoms. The second-order valence-corrected chi connectivity index (χ2v) is 10.9. The van der Waals surface area contributed by atoms with Gasteiger partial charge >= 0.3 is 0 Å². The SMILES string of the molecule is CCCCCCCc1ccc(C2CCC(C3CCC(CC/C=C/C=C(\F)C#N)CC3)CC2)cc1. The molecule has 0 amide bonds. The van der Waals surface area contributed by atoms with Gasteiger partial charge in [-0.25, -0.2) is 0 Å².